The summed E-state index contributed by atoms with van der Waals surface area (Å²) in [5.41, 5.74) is 1.07. The molecule has 3 nitrogen and oxygen atoms in total. The minimum absolute atomic E-state index is 0. The number of rotatable bonds is 4. The number of thioether (sulfide) groups is 1. The number of hydrogen-bond donors (Lipinski definition) is 2. The van der Waals surface area contributed by atoms with E-state index in [1.54, 1.807) is 0 Å². The molecule has 0 aromatic heterocycles. The predicted octanol–water partition coefficient (Wildman–Crippen LogP) is 2.47. The van der Waals surface area contributed by atoms with E-state index in [4.69, 9.17) is 11.6 Å². The van der Waals surface area contributed by atoms with E-state index in [-0.39, 0.29) is 18.3 Å². The molecule has 106 valence electrons. The van der Waals surface area contributed by atoms with E-state index in [1.807, 2.05) is 36.0 Å². The molecule has 0 saturated carbocycles. The maximum Gasteiger partial charge on any atom is 0.221 e. The summed E-state index contributed by atoms with van der Waals surface area (Å²) in [6, 6.07) is 7.84. The Morgan fingerprint density at radius 2 is 2.16 bits per heavy atom. The topological polar surface area (TPSA) is 41.1 Å². The van der Waals surface area contributed by atoms with Gasteiger partial charge in [-0.3, -0.25) is 4.79 Å². The highest BCUT2D eigenvalue weighted by atomic mass is 35.5. The standard InChI is InChI=1S/C13H17ClN2OS.ClH/c14-11-3-1-10(2-4-11)8-16-13(17)7-12-9-18-6-5-15-12;/h1-4,12,15H,5-9H2,(H,16,17);1H. The van der Waals surface area contributed by atoms with E-state index in [1.165, 1.54) is 0 Å². The van der Waals surface area contributed by atoms with Crippen LogP contribution in [0.15, 0.2) is 24.3 Å². The Hall–Kier alpha value is -0.420. The molecule has 19 heavy (non-hydrogen) atoms. The average Bonchev–Trinajstić information content (AvgIpc) is 2.39. The van der Waals surface area contributed by atoms with Crippen molar-refractivity contribution < 1.29 is 4.79 Å². The third-order valence-electron chi connectivity index (χ3n) is 2.83. The SMILES string of the molecule is Cl.O=C(CC1CSCCN1)NCc1ccc(Cl)cc1. The van der Waals surface area contributed by atoms with Crippen LogP contribution in [0.4, 0.5) is 0 Å². The third kappa shape index (κ3) is 6.04. The summed E-state index contributed by atoms with van der Waals surface area (Å²) in [7, 11) is 0. The smallest absolute Gasteiger partial charge is 0.221 e. The molecular weight excluding hydrogens is 303 g/mol. The molecular formula is C13H18Cl2N2OS. The quantitative estimate of drug-likeness (QED) is 0.895. The summed E-state index contributed by atoms with van der Waals surface area (Å²) in [4.78, 5) is 11.8. The average molecular weight is 321 g/mol. The summed E-state index contributed by atoms with van der Waals surface area (Å²) in [6.07, 6.45) is 0.556. The predicted molar refractivity (Wildman–Crippen MR) is 84.3 cm³/mol. The van der Waals surface area contributed by atoms with E-state index in [0.717, 1.165) is 23.6 Å². The van der Waals surface area contributed by atoms with Gasteiger partial charge in [-0.2, -0.15) is 11.8 Å². The highest BCUT2D eigenvalue weighted by molar-refractivity contribution is 7.99. The third-order valence-corrected chi connectivity index (χ3v) is 4.22. The molecule has 6 heteroatoms. The second-order valence-electron chi connectivity index (χ2n) is 4.33. The lowest BCUT2D eigenvalue weighted by Gasteiger charge is -2.22. The van der Waals surface area contributed by atoms with Gasteiger partial charge in [0.05, 0.1) is 0 Å². The van der Waals surface area contributed by atoms with Crippen molar-refractivity contribution in [3.05, 3.63) is 34.9 Å². The molecule has 1 aromatic carbocycles. The van der Waals surface area contributed by atoms with E-state index in [2.05, 4.69) is 10.6 Å². The van der Waals surface area contributed by atoms with Gasteiger partial charge < -0.3 is 10.6 Å². The second-order valence-corrected chi connectivity index (χ2v) is 5.92. The van der Waals surface area contributed by atoms with Crippen LogP contribution < -0.4 is 10.6 Å². The fraction of sp³-hybridized carbons (Fsp3) is 0.462. The van der Waals surface area contributed by atoms with Crippen LogP contribution in [0, 0.1) is 0 Å². The molecule has 0 spiro atoms. The van der Waals surface area contributed by atoms with Crippen molar-refractivity contribution in [1.82, 2.24) is 10.6 Å². The van der Waals surface area contributed by atoms with Gasteiger partial charge in [-0.1, -0.05) is 23.7 Å². The molecule has 1 fully saturated rings. The first kappa shape index (κ1) is 16.6. The summed E-state index contributed by atoms with van der Waals surface area (Å²) in [6.45, 7) is 1.57. The zero-order chi connectivity index (χ0) is 12.8. The molecule has 0 bridgehead atoms. The van der Waals surface area contributed by atoms with Crippen molar-refractivity contribution in [2.24, 2.45) is 0 Å². The second kappa shape index (κ2) is 8.69. The Kier molecular flexibility index (Phi) is 7.61. The minimum atomic E-state index is 0. The molecule has 1 aromatic rings. The Labute approximate surface area is 129 Å². The fourth-order valence-corrected chi connectivity index (χ4v) is 2.92. The van der Waals surface area contributed by atoms with E-state index in [9.17, 15) is 4.79 Å². The van der Waals surface area contributed by atoms with Gasteiger partial charge in [0.2, 0.25) is 5.91 Å². The maximum absolute atomic E-state index is 11.8. The fourth-order valence-electron chi connectivity index (χ4n) is 1.85. The van der Waals surface area contributed by atoms with Crippen LogP contribution in [-0.2, 0) is 11.3 Å². The zero-order valence-corrected chi connectivity index (χ0v) is 12.9. The van der Waals surface area contributed by atoms with Gasteiger partial charge in [0.25, 0.3) is 0 Å². The zero-order valence-electron chi connectivity index (χ0n) is 10.5. The van der Waals surface area contributed by atoms with E-state index < -0.39 is 0 Å². The highest BCUT2D eigenvalue weighted by Crippen LogP contribution is 2.11. The van der Waals surface area contributed by atoms with Crippen molar-refractivity contribution >= 4 is 41.7 Å². The van der Waals surface area contributed by atoms with Gasteiger partial charge in [0.15, 0.2) is 0 Å². The van der Waals surface area contributed by atoms with Gasteiger partial charge in [-0.05, 0) is 17.7 Å². The van der Waals surface area contributed by atoms with Crippen LogP contribution in [0.1, 0.15) is 12.0 Å². The summed E-state index contributed by atoms with van der Waals surface area (Å²) in [5.74, 6) is 2.27. The summed E-state index contributed by atoms with van der Waals surface area (Å²) >= 11 is 7.71. The normalized spacial score (nSPS) is 18.5. The van der Waals surface area contributed by atoms with Crippen molar-refractivity contribution in [1.29, 1.82) is 0 Å². The Balaban J connectivity index is 0.00000180. The number of halogens is 2. The molecule has 1 unspecified atom stereocenters. The molecule has 1 atom stereocenters. The first-order valence-corrected chi connectivity index (χ1v) is 7.59. The van der Waals surface area contributed by atoms with Crippen LogP contribution in [-0.4, -0.2) is 30.0 Å². The van der Waals surface area contributed by atoms with Gasteiger partial charge in [0.1, 0.15) is 0 Å². The molecule has 1 aliphatic rings. The first-order valence-electron chi connectivity index (χ1n) is 6.06. The van der Waals surface area contributed by atoms with Gasteiger partial charge >= 0.3 is 0 Å². The van der Waals surface area contributed by atoms with Gasteiger partial charge in [-0.15, -0.1) is 12.4 Å². The molecule has 2 N–H and O–H groups in total. The van der Waals surface area contributed by atoms with Crippen LogP contribution in [0.2, 0.25) is 5.02 Å². The molecule has 1 saturated heterocycles. The first-order chi connectivity index (χ1) is 8.74. The lowest BCUT2D eigenvalue weighted by molar-refractivity contribution is -0.121. The van der Waals surface area contributed by atoms with Crippen molar-refractivity contribution in [3.8, 4) is 0 Å². The molecule has 1 amide bonds. The van der Waals surface area contributed by atoms with Crippen molar-refractivity contribution in [2.45, 2.75) is 19.0 Å². The Morgan fingerprint density at radius 3 is 2.79 bits per heavy atom. The monoisotopic (exact) mass is 320 g/mol. The lowest BCUT2D eigenvalue weighted by atomic mass is 10.2. The molecule has 1 heterocycles. The van der Waals surface area contributed by atoms with Gasteiger partial charge in [0, 0.05) is 42.1 Å². The van der Waals surface area contributed by atoms with Gasteiger partial charge in [-0.25, -0.2) is 0 Å². The maximum atomic E-state index is 11.8. The highest BCUT2D eigenvalue weighted by Gasteiger charge is 2.16. The van der Waals surface area contributed by atoms with Crippen LogP contribution in [0.5, 0.6) is 0 Å². The number of carbonyl (C=O) groups excluding carboxylic acids is 1. The number of nitrogens with one attached hydrogen (secondary N) is 2. The number of benzene rings is 1. The summed E-state index contributed by atoms with van der Waals surface area (Å²) in [5, 5.41) is 7.01. The van der Waals surface area contributed by atoms with E-state index >= 15 is 0 Å². The van der Waals surface area contributed by atoms with Crippen LogP contribution >= 0.6 is 35.8 Å². The van der Waals surface area contributed by atoms with Crippen molar-refractivity contribution in [3.63, 3.8) is 0 Å². The van der Waals surface area contributed by atoms with E-state index in [0.29, 0.717) is 24.0 Å². The summed E-state index contributed by atoms with van der Waals surface area (Å²) < 4.78 is 0. The van der Waals surface area contributed by atoms with Crippen molar-refractivity contribution in [2.75, 3.05) is 18.1 Å². The number of amides is 1. The molecule has 1 aliphatic heterocycles. The number of carbonyl (C=O) groups is 1. The lowest BCUT2D eigenvalue weighted by Crippen LogP contribution is -2.41. The molecule has 0 aliphatic carbocycles. The van der Waals surface area contributed by atoms with Crippen LogP contribution in [0.25, 0.3) is 0 Å². The largest absolute Gasteiger partial charge is 0.352 e. The Bertz CT molecular complexity index is 394. The number of hydrogen-bond acceptors (Lipinski definition) is 3. The molecule has 0 radical (unpaired) electrons. The minimum Gasteiger partial charge on any atom is -0.352 e. The Morgan fingerprint density at radius 1 is 1.42 bits per heavy atom. The molecule has 2 rings (SSSR count). The van der Waals surface area contributed by atoms with Crippen LogP contribution in [0.3, 0.4) is 0 Å².